The Morgan fingerprint density at radius 2 is 2.10 bits per heavy atom. The number of thiocarbonyl (C=S) groups is 1. The second-order valence-corrected chi connectivity index (χ2v) is 4.74. The molecule has 0 aliphatic carbocycles. The zero-order chi connectivity index (χ0) is 7.99. The van der Waals surface area contributed by atoms with Gasteiger partial charge in [-0.2, -0.15) is 0 Å². The molecule has 0 aromatic rings. The highest BCUT2D eigenvalue weighted by atomic mass is 35.5. The predicted octanol–water partition coefficient (Wildman–Crippen LogP) is 1.99. The molecule has 0 aromatic heterocycles. The van der Waals surface area contributed by atoms with Crippen molar-refractivity contribution in [2.45, 2.75) is 30.9 Å². The van der Waals surface area contributed by atoms with Gasteiger partial charge in [-0.3, -0.25) is 0 Å². The quantitative estimate of drug-likeness (QED) is 0.290. The summed E-state index contributed by atoms with van der Waals surface area (Å²) >= 11 is 15.4. The van der Waals surface area contributed by atoms with Crippen molar-refractivity contribution in [3.8, 4) is 0 Å². The van der Waals surface area contributed by atoms with Crippen molar-refractivity contribution in [1.82, 2.24) is 0 Å². The number of alkyl halides is 1. The fourth-order valence-electron chi connectivity index (χ4n) is 0.814. The van der Waals surface area contributed by atoms with E-state index in [1.54, 1.807) is 0 Å². The second-order valence-electron chi connectivity index (χ2n) is 2.89. The summed E-state index contributed by atoms with van der Waals surface area (Å²) < 4.78 is 5.70. The van der Waals surface area contributed by atoms with Gasteiger partial charge in [0.2, 0.25) is 0 Å². The van der Waals surface area contributed by atoms with E-state index in [1.807, 2.05) is 13.8 Å². The SMILES string of the molecule is CC1(C)OC1(Cl)CC(=S)[S-]. The van der Waals surface area contributed by atoms with Gasteiger partial charge in [0.1, 0.15) is 5.60 Å². The molecule has 1 unspecified atom stereocenters. The largest absolute Gasteiger partial charge is 0.433 e. The van der Waals surface area contributed by atoms with Crippen LogP contribution in [0.3, 0.4) is 0 Å². The molecule has 1 nitrogen and oxygen atoms in total. The number of epoxide rings is 1. The molecule has 1 aliphatic rings. The normalized spacial score (nSPS) is 35.5. The molecule has 1 heterocycles. The monoisotopic (exact) mass is 195 g/mol. The topological polar surface area (TPSA) is 12.5 Å². The van der Waals surface area contributed by atoms with Crippen LogP contribution in [0.25, 0.3) is 0 Å². The highest BCUT2D eigenvalue weighted by molar-refractivity contribution is 8.00. The summed E-state index contributed by atoms with van der Waals surface area (Å²) in [4.78, 5) is 0. The molecule has 1 saturated heterocycles. The fraction of sp³-hybridized carbons (Fsp3) is 0.833. The Labute approximate surface area is 76.5 Å². The highest BCUT2D eigenvalue weighted by Gasteiger charge is 2.62. The van der Waals surface area contributed by atoms with Gasteiger partial charge in [-0.25, -0.2) is 0 Å². The van der Waals surface area contributed by atoms with E-state index in [4.69, 9.17) is 41.2 Å². The Morgan fingerprint density at radius 1 is 1.70 bits per heavy atom. The van der Waals surface area contributed by atoms with Crippen LogP contribution in [-0.4, -0.2) is 14.9 Å². The van der Waals surface area contributed by atoms with Gasteiger partial charge in [-0.1, -0.05) is 11.6 Å². The van der Waals surface area contributed by atoms with Crippen LogP contribution in [0, 0.1) is 0 Å². The first kappa shape index (κ1) is 8.65. The lowest BCUT2D eigenvalue weighted by molar-refractivity contribution is 0.315. The second kappa shape index (κ2) is 2.27. The molecule has 1 atom stereocenters. The minimum absolute atomic E-state index is 0.253. The van der Waals surface area contributed by atoms with Crippen molar-refractivity contribution >= 4 is 40.6 Å². The Hall–Kier alpha value is 0.560. The first-order valence-corrected chi connectivity index (χ1v) is 4.16. The van der Waals surface area contributed by atoms with Crippen LogP contribution in [0.1, 0.15) is 20.3 Å². The van der Waals surface area contributed by atoms with E-state index in [-0.39, 0.29) is 5.60 Å². The van der Waals surface area contributed by atoms with E-state index >= 15 is 0 Å². The molecule has 0 saturated carbocycles. The molecule has 0 bridgehead atoms. The number of halogens is 1. The van der Waals surface area contributed by atoms with E-state index in [1.165, 1.54) is 0 Å². The van der Waals surface area contributed by atoms with Gasteiger partial charge < -0.3 is 29.6 Å². The summed E-state index contributed by atoms with van der Waals surface area (Å²) in [6.45, 7) is 3.85. The van der Waals surface area contributed by atoms with E-state index in [2.05, 4.69) is 0 Å². The molecular formula is C6H8ClOS2-. The number of hydrogen-bond acceptors (Lipinski definition) is 3. The van der Waals surface area contributed by atoms with Crippen LogP contribution in [0.15, 0.2) is 0 Å². The molecule has 10 heavy (non-hydrogen) atoms. The molecular weight excluding hydrogens is 188 g/mol. The zero-order valence-corrected chi connectivity index (χ0v) is 8.20. The van der Waals surface area contributed by atoms with Gasteiger partial charge in [0.05, 0.1) is 0 Å². The van der Waals surface area contributed by atoms with Gasteiger partial charge in [-0.05, 0) is 13.8 Å². The molecule has 0 N–H and O–H groups in total. The maximum absolute atomic E-state index is 5.95. The smallest absolute Gasteiger partial charge is 0.173 e. The van der Waals surface area contributed by atoms with Crippen LogP contribution >= 0.6 is 23.8 Å². The molecule has 58 valence electrons. The molecule has 4 heteroatoms. The third-order valence-corrected chi connectivity index (χ3v) is 2.60. The minimum Gasteiger partial charge on any atom is -0.433 e. The van der Waals surface area contributed by atoms with Crippen LogP contribution in [0.4, 0.5) is 0 Å². The summed E-state index contributed by atoms with van der Waals surface area (Å²) in [6.07, 6.45) is 0.492. The summed E-state index contributed by atoms with van der Waals surface area (Å²) in [7, 11) is 0. The molecule has 1 fully saturated rings. The van der Waals surface area contributed by atoms with Gasteiger partial charge in [0.15, 0.2) is 5.06 Å². The Morgan fingerprint density at radius 3 is 2.20 bits per heavy atom. The Balaban J connectivity index is 2.52. The standard InChI is InChI=1S/C6H9ClOS2/c1-5(2)6(7,8-5)3-4(9)10/h3H2,1-2H3,(H,9,10)/p-1. The highest BCUT2D eigenvalue weighted by Crippen LogP contribution is 2.53. The van der Waals surface area contributed by atoms with Crippen molar-refractivity contribution in [3.63, 3.8) is 0 Å². The molecule has 1 aliphatic heterocycles. The van der Waals surface area contributed by atoms with Gasteiger partial charge in [-0.15, -0.1) is 4.20 Å². The summed E-state index contributed by atoms with van der Waals surface area (Å²) in [5.41, 5.74) is -0.253. The maximum atomic E-state index is 5.95. The molecule has 0 radical (unpaired) electrons. The van der Waals surface area contributed by atoms with E-state index in [0.717, 1.165) is 0 Å². The first-order chi connectivity index (χ1) is 4.37. The van der Waals surface area contributed by atoms with E-state index in [0.29, 0.717) is 10.6 Å². The lowest BCUT2D eigenvalue weighted by atomic mass is 10.1. The molecule has 0 spiro atoms. The molecule has 0 aromatic carbocycles. The van der Waals surface area contributed by atoms with Crippen LogP contribution < -0.4 is 0 Å². The predicted molar refractivity (Wildman–Crippen MR) is 48.3 cm³/mol. The van der Waals surface area contributed by atoms with Gasteiger partial charge >= 0.3 is 0 Å². The van der Waals surface area contributed by atoms with Gasteiger partial charge in [0.25, 0.3) is 0 Å². The summed E-state index contributed by atoms with van der Waals surface area (Å²) in [5, 5.41) is -0.605. The van der Waals surface area contributed by atoms with Crippen molar-refractivity contribution in [2.24, 2.45) is 0 Å². The van der Waals surface area contributed by atoms with Crippen LogP contribution in [0.2, 0.25) is 0 Å². The third kappa shape index (κ3) is 1.42. The average molecular weight is 196 g/mol. The average Bonchev–Trinajstić information content (AvgIpc) is 2.01. The van der Waals surface area contributed by atoms with Gasteiger partial charge in [0, 0.05) is 6.42 Å². The summed E-state index contributed by atoms with van der Waals surface area (Å²) in [5.74, 6) is 0. The van der Waals surface area contributed by atoms with Crippen molar-refractivity contribution in [3.05, 3.63) is 0 Å². The Bertz CT molecular complexity index is 181. The number of ether oxygens (including phenoxy) is 1. The minimum atomic E-state index is -0.605. The molecule has 1 rings (SSSR count). The molecule has 0 amide bonds. The van der Waals surface area contributed by atoms with Crippen molar-refractivity contribution < 1.29 is 4.74 Å². The third-order valence-electron chi connectivity index (χ3n) is 1.65. The number of rotatable bonds is 2. The van der Waals surface area contributed by atoms with E-state index in [9.17, 15) is 0 Å². The first-order valence-electron chi connectivity index (χ1n) is 2.96. The van der Waals surface area contributed by atoms with Crippen LogP contribution in [0.5, 0.6) is 0 Å². The lowest BCUT2D eigenvalue weighted by Crippen LogP contribution is -2.16. The number of hydrogen-bond donors (Lipinski definition) is 0. The zero-order valence-electron chi connectivity index (χ0n) is 5.81. The van der Waals surface area contributed by atoms with E-state index < -0.39 is 5.06 Å². The lowest BCUT2D eigenvalue weighted by Gasteiger charge is -2.08. The Kier molecular flexibility index (Phi) is 1.97. The van der Waals surface area contributed by atoms with Crippen LogP contribution in [-0.2, 0) is 17.4 Å². The fourth-order valence-corrected chi connectivity index (χ4v) is 1.71. The van der Waals surface area contributed by atoms with Crippen molar-refractivity contribution in [1.29, 1.82) is 0 Å². The summed E-state index contributed by atoms with van der Waals surface area (Å²) in [6, 6.07) is 0. The van der Waals surface area contributed by atoms with Crippen molar-refractivity contribution in [2.75, 3.05) is 0 Å². The maximum Gasteiger partial charge on any atom is 0.173 e.